The van der Waals surface area contributed by atoms with Gasteiger partial charge in [-0.3, -0.25) is 14.4 Å². The van der Waals surface area contributed by atoms with Gasteiger partial charge in [-0.15, -0.1) is 0 Å². The van der Waals surface area contributed by atoms with Crippen LogP contribution in [0.1, 0.15) is 43.2 Å². The third kappa shape index (κ3) is 5.83. The van der Waals surface area contributed by atoms with Crippen LogP contribution in [0.3, 0.4) is 0 Å². The van der Waals surface area contributed by atoms with Crippen molar-refractivity contribution in [1.82, 2.24) is 10.2 Å². The number of nitrogens with zero attached hydrogens (tertiary/aromatic N) is 1. The average molecular weight is 356 g/mol. The monoisotopic (exact) mass is 356 g/mol. The molecule has 1 heterocycles. The molecule has 140 valence electrons. The van der Waals surface area contributed by atoms with Crippen molar-refractivity contribution in [3.05, 3.63) is 48.2 Å². The van der Waals surface area contributed by atoms with Gasteiger partial charge in [-0.1, -0.05) is 30.8 Å². The maximum Gasteiger partial charge on any atom is 0.291 e. The second kappa shape index (κ2) is 9.90. The summed E-state index contributed by atoms with van der Waals surface area (Å²) in [5.74, 6) is -0.269. The summed E-state index contributed by atoms with van der Waals surface area (Å²) in [6.07, 6.45) is 5.53. The smallest absolute Gasteiger partial charge is 0.291 e. The molecule has 0 aromatic heterocycles. The lowest BCUT2D eigenvalue weighted by molar-refractivity contribution is -0.137. The maximum atomic E-state index is 12.5. The zero-order valence-corrected chi connectivity index (χ0v) is 15.5. The van der Waals surface area contributed by atoms with E-state index >= 15 is 0 Å². The van der Waals surface area contributed by atoms with Crippen LogP contribution in [0.15, 0.2) is 37.0 Å². The van der Waals surface area contributed by atoms with Crippen molar-refractivity contribution in [2.45, 2.75) is 45.4 Å². The van der Waals surface area contributed by atoms with E-state index in [2.05, 4.69) is 11.9 Å². The van der Waals surface area contributed by atoms with E-state index in [0.717, 1.165) is 43.5 Å². The zero-order valence-electron chi connectivity index (χ0n) is 15.5. The van der Waals surface area contributed by atoms with E-state index in [-0.39, 0.29) is 12.3 Å². The van der Waals surface area contributed by atoms with E-state index < -0.39 is 11.7 Å². The molecule has 0 saturated carbocycles. The van der Waals surface area contributed by atoms with Crippen molar-refractivity contribution in [1.29, 1.82) is 0 Å². The molecule has 0 bridgehead atoms. The molecule has 1 aliphatic heterocycles. The van der Waals surface area contributed by atoms with Crippen LogP contribution in [-0.4, -0.2) is 35.6 Å². The van der Waals surface area contributed by atoms with Crippen LogP contribution >= 0.6 is 0 Å². The highest BCUT2D eigenvalue weighted by molar-refractivity contribution is 6.36. The fourth-order valence-electron chi connectivity index (χ4n) is 3.39. The summed E-state index contributed by atoms with van der Waals surface area (Å²) in [7, 11) is 0. The van der Waals surface area contributed by atoms with Crippen LogP contribution in [0, 0.1) is 12.8 Å². The largest absolute Gasteiger partial charge is 0.342 e. The minimum atomic E-state index is -0.586. The van der Waals surface area contributed by atoms with E-state index in [4.69, 9.17) is 0 Å². The van der Waals surface area contributed by atoms with Crippen molar-refractivity contribution in [3.8, 4) is 0 Å². The number of aryl methyl sites for hydroxylation is 1. The number of benzene rings is 1. The highest BCUT2D eigenvalue weighted by Crippen LogP contribution is 2.23. The minimum absolute atomic E-state index is 0.189. The van der Waals surface area contributed by atoms with E-state index in [1.54, 1.807) is 0 Å². The fraction of sp³-hybridized carbons (Fsp3) is 0.476. The number of piperidine rings is 1. The number of hydrogen-bond donors (Lipinski definition) is 1. The van der Waals surface area contributed by atoms with Gasteiger partial charge in [0.1, 0.15) is 0 Å². The summed E-state index contributed by atoms with van der Waals surface area (Å²) in [6, 6.07) is 8.00. The molecular weight excluding hydrogens is 328 g/mol. The van der Waals surface area contributed by atoms with Crippen LogP contribution in [0.4, 0.5) is 0 Å². The lowest BCUT2D eigenvalue weighted by Crippen LogP contribution is -2.39. The van der Waals surface area contributed by atoms with Gasteiger partial charge in [0.2, 0.25) is 11.7 Å². The Hall–Kier alpha value is -2.43. The molecule has 1 aliphatic rings. The predicted octanol–water partition coefficient (Wildman–Crippen LogP) is 2.78. The molecule has 0 spiro atoms. The minimum Gasteiger partial charge on any atom is -0.342 e. The number of amides is 2. The molecular formula is C21H28N2O3. The fourth-order valence-corrected chi connectivity index (χ4v) is 3.39. The summed E-state index contributed by atoms with van der Waals surface area (Å²) in [5.41, 5.74) is 2.25. The van der Waals surface area contributed by atoms with Crippen LogP contribution < -0.4 is 5.32 Å². The van der Waals surface area contributed by atoms with Crippen molar-refractivity contribution < 1.29 is 14.4 Å². The maximum absolute atomic E-state index is 12.5. The molecule has 1 aromatic rings. The number of ketones is 1. The normalized spacial score (nSPS) is 14.7. The molecule has 5 nitrogen and oxygen atoms in total. The van der Waals surface area contributed by atoms with Gasteiger partial charge in [0.15, 0.2) is 0 Å². The van der Waals surface area contributed by atoms with Gasteiger partial charge in [0.25, 0.3) is 5.91 Å². The van der Waals surface area contributed by atoms with Gasteiger partial charge in [-0.25, -0.2) is 0 Å². The number of Topliss-reactive ketones (excluding diaryl/α,β-unsaturated/α-hetero) is 1. The first-order chi connectivity index (χ1) is 12.5. The van der Waals surface area contributed by atoms with Crippen molar-refractivity contribution in [2.75, 3.05) is 13.1 Å². The second-order valence-electron chi connectivity index (χ2n) is 6.92. The first kappa shape index (κ1) is 19.9. The molecule has 26 heavy (non-hydrogen) atoms. The van der Waals surface area contributed by atoms with E-state index in [1.165, 1.54) is 6.20 Å². The molecule has 5 heteroatoms. The number of likely N-dealkylation sites (tertiary alicyclic amines) is 1. The average Bonchev–Trinajstić information content (AvgIpc) is 2.64. The first-order valence-corrected chi connectivity index (χ1v) is 9.28. The summed E-state index contributed by atoms with van der Waals surface area (Å²) in [6.45, 7) is 6.96. The quantitative estimate of drug-likeness (QED) is 0.729. The van der Waals surface area contributed by atoms with Gasteiger partial charge in [0.05, 0.1) is 6.42 Å². The number of nitrogens with one attached hydrogen (secondary N) is 1. The lowest BCUT2D eigenvalue weighted by atomic mass is 9.91. The Bertz CT molecular complexity index is 661. The Balaban J connectivity index is 1.69. The summed E-state index contributed by atoms with van der Waals surface area (Å²) < 4.78 is 0. The van der Waals surface area contributed by atoms with Crippen LogP contribution in [0.25, 0.3) is 0 Å². The highest BCUT2D eigenvalue weighted by Gasteiger charge is 2.23. The van der Waals surface area contributed by atoms with Crippen LogP contribution in [0.2, 0.25) is 0 Å². The molecule has 2 amide bonds. The predicted molar refractivity (Wildman–Crippen MR) is 101 cm³/mol. The summed E-state index contributed by atoms with van der Waals surface area (Å²) in [5, 5.41) is 2.31. The second-order valence-corrected chi connectivity index (χ2v) is 6.92. The summed E-state index contributed by atoms with van der Waals surface area (Å²) >= 11 is 0. The lowest BCUT2D eigenvalue weighted by Gasteiger charge is -2.32. The van der Waals surface area contributed by atoms with Gasteiger partial charge in [-0.2, -0.15) is 0 Å². The SMILES string of the molecule is C=CNC(=O)C(=O)CCCC1CCN(C(=O)Cc2ccccc2C)CC1. The van der Waals surface area contributed by atoms with E-state index in [9.17, 15) is 14.4 Å². The van der Waals surface area contributed by atoms with Crippen molar-refractivity contribution >= 4 is 17.6 Å². The third-order valence-corrected chi connectivity index (χ3v) is 5.07. The zero-order chi connectivity index (χ0) is 18.9. The molecule has 2 rings (SSSR count). The van der Waals surface area contributed by atoms with Crippen LogP contribution in [0.5, 0.6) is 0 Å². The molecule has 1 fully saturated rings. The van der Waals surface area contributed by atoms with Gasteiger partial charge in [-0.05, 0) is 55.9 Å². The summed E-state index contributed by atoms with van der Waals surface area (Å²) in [4.78, 5) is 37.4. The Kier molecular flexibility index (Phi) is 7.57. The molecule has 1 N–H and O–H groups in total. The molecule has 0 radical (unpaired) electrons. The Morgan fingerprint density at radius 3 is 2.58 bits per heavy atom. The molecule has 0 unspecified atom stereocenters. The Morgan fingerprint density at radius 1 is 1.23 bits per heavy atom. The molecule has 1 saturated heterocycles. The molecule has 0 atom stereocenters. The van der Waals surface area contributed by atoms with E-state index in [0.29, 0.717) is 18.8 Å². The van der Waals surface area contributed by atoms with Gasteiger partial charge >= 0.3 is 0 Å². The number of hydrogen-bond acceptors (Lipinski definition) is 3. The topological polar surface area (TPSA) is 66.5 Å². The standard InChI is InChI=1S/C21H28N2O3/c1-3-22-21(26)19(24)10-6-8-17-11-13-23(14-12-17)20(25)15-18-9-5-4-7-16(18)2/h3-5,7,9,17H,1,6,8,10-15H2,2H3,(H,22,26). The Morgan fingerprint density at radius 2 is 1.92 bits per heavy atom. The van der Waals surface area contributed by atoms with Gasteiger partial charge < -0.3 is 10.2 Å². The van der Waals surface area contributed by atoms with Crippen molar-refractivity contribution in [3.63, 3.8) is 0 Å². The van der Waals surface area contributed by atoms with Crippen LogP contribution in [-0.2, 0) is 20.8 Å². The van der Waals surface area contributed by atoms with E-state index in [1.807, 2.05) is 36.1 Å². The molecule has 1 aromatic carbocycles. The number of carbonyl (C=O) groups excluding carboxylic acids is 3. The highest BCUT2D eigenvalue weighted by atomic mass is 16.2. The third-order valence-electron chi connectivity index (χ3n) is 5.07. The Labute approximate surface area is 155 Å². The molecule has 0 aliphatic carbocycles. The van der Waals surface area contributed by atoms with Gasteiger partial charge in [0, 0.05) is 19.5 Å². The van der Waals surface area contributed by atoms with Crippen molar-refractivity contribution in [2.24, 2.45) is 5.92 Å². The first-order valence-electron chi connectivity index (χ1n) is 9.28. The number of rotatable bonds is 8. The number of carbonyl (C=O) groups is 3.